The third kappa shape index (κ3) is 3.39. The average molecular weight is 366 g/mol. The van der Waals surface area contributed by atoms with Crippen LogP contribution in [0.1, 0.15) is 18.4 Å². The molecule has 0 amide bonds. The molecule has 3 heterocycles. The lowest BCUT2D eigenvalue weighted by atomic mass is 9.98. The van der Waals surface area contributed by atoms with Crippen LogP contribution in [0.2, 0.25) is 0 Å². The summed E-state index contributed by atoms with van der Waals surface area (Å²) in [6.45, 7) is 4.76. The largest absolute Gasteiger partial charge is 0.398 e. The van der Waals surface area contributed by atoms with E-state index in [4.69, 9.17) is 20.4 Å². The first-order valence-electron chi connectivity index (χ1n) is 8.68. The Morgan fingerprint density at radius 3 is 2.78 bits per heavy atom. The van der Waals surface area contributed by atoms with Crippen LogP contribution in [0, 0.1) is 12.3 Å². The van der Waals surface area contributed by atoms with Crippen molar-refractivity contribution >= 4 is 17.2 Å². The molecule has 0 aliphatic carbocycles. The van der Waals surface area contributed by atoms with Crippen LogP contribution >= 0.6 is 0 Å². The molecular formula is C19H22N6O2. The maximum absolute atomic E-state index is 8.65. The molecule has 1 aliphatic heterocycles. The van der Waals surface area contributed by atoms with Crippen molar-refractivity contribution in [3.8, 4) is 11.1 Å². The molecule has 8 heteroatoms. The monoisotopic (exact) mass is 366 g/mol. The smallest absolute Gasteiger partial charge is 0.132 e. The molecule has 1 aliphatic rings. The molecule has 27 heavy (non-hydrogen) atoms. The van der Waals surface area contributed by atoms with Gasteiger partial charge in [-0.2, -0.15) is 0 Å². The first kappa shape index (κ1) is 17.2. The van der Waals surface area contributed by atoms with Gasteiger partial charge in [-0.15, -0.1) is 0 Å². The molecule has 0 radical (unpaired) electrons. The number of benzene rings is 1. The van der Waals surface area contributed by atoms with Gasteiger partial charge in [-0.1, -0.05) is 11.2 Å². The molecule has 0 saturated carbocycles. The fourth-order valence-electron chi connectivity index (χ4n) is 3.10. The van der Waals surface area contributed by atoms with Gasteiger partial charge in [-0.25, -0.2) is 9.97 Å². The molecular weight excluding hydrogens is 344 g/mol. The van der Waals surface area contributed by atoms with Gasteiger partial charge in [0, 0.05) is 37.4 Å². The van der Waals surface area contributed by atoms with Gasteiger partial charge in [-0.3, -0.25) is 5.41 Å². The Bertz CT molecular complexity index is 984. The highest BCUT2D eigenvalue weighted by molar-refractivity contribution is 6.13. The van der Waals surface area contributed by atoms with Crippen LogP contribution in [0.25, 0.3) is 11.1 Å². The van der Waals surface area contributed by atoms with E-state index in [1.54, 1.807) is 12.3 Å². The predicted octanol–water partition coefficient (Wildman–Crippen LogP) is 2.52. The van der Waals surface area contributed by atoms with Crippen molar-refractivity contribution in [2.24, 2.45) is 0 Å². The summed E-state index contributed by atoms with van der Waals surface area (Å²) in [4.78, 5) is 10.8. The summed E-state index contributed by atoms with van der Waals surface area (Å²) in [6.07, 6.45) is 3.08. The Balaban J connectivity index is 0.00000225. The van der Waals surface area contributed by atoms with E-state index in [0.717, 1.165) is 35.7 Å². The van der Waals surface area contributed by atoms with Gasteiger partial charge in [0.05, 0.1) is 30.3 Å². The van der Waals surface area contributed by atoms with Crippen LogP contribution in [-0.2, 0) is 4.74 Å². The van der Waals surface area contributed by atoms with E-state index in [1.807, 2.05) is 25.1 Å². The molecule has 8 nitrogen and oxygen atoms in total. The second-order valence-corrected chi connectivity index (χ2v) is 6.35. The summed E-state index contributed by atoms with van der Waals surface area (Å²) in [6, 6.07) is 7.37. The van der Waals surface area contributed by atoms with Crippen LogP contribution in [0.5, 0.6) is 0 Å². The minimum atomic E-state index is 0. The lowest BCUT2D eigenvalue weighted by Crippen LogP contribution is -2.36. The maximum Gasteiger partial charge on any atom is 0.132 e. The summed E-state index contributed by atoms with van der Waals surface area (Å²) in [5, 5.41) is 12.6. The third-order valence-corrected chi connectivity index (χ3v) is 4.63. The van der Waals surface area contributed by atoms with E-state index < -0.39 is 0 Å². The molecule has 1 aromatic carbocycles. The van der Waals surface area contributed by atoms with Crippen molar-refractivity contribution in [1.82, 2.24) is 15.1 Å². The summed E-state index contributed by atoms with van der Waals surface area (Å²) < 4.78 is 10.4. The van der Waals surface area contributed by atoms with Crippen molar-refractivity contribution in [3.05, 3.63) is 53.8 Å². The molecule has 0 atom stereocenters. The number of nitrogens with two attached hydrogens (primary N) is 1. The quantitative estimate of drug-likeness (QED) is 0.538. The second-order valence-electron chi connectivity index (χ2n) is 6.35. The molecule has 4 rings (SSSR count). The molecule has 1 saturated heterocycles. The van der Waals surface area contributed by atoms with Crippen molar-refractivity contribution in [1.29, 1.82) is 5.41 Å². The van der Waals surface area contributed by atoms with E-state index in [9.17, 15) is 0 Å². The standard InChI is InChI=1S/C19H20N6O2.H2/c1-12-15(10-27-24-12)13-2-3-16(20)14(8-13)19(21)17-9-18(23-11-22-17)25-4-6-26-7-5-25;/h2-3,8-11,21H,4-7,20H2,1H3;1H. The van der Waals surface area contributed by atoms with E-state index >= 15 is 0 Å². The number of hydrogen-bond acceptors (Lipinski definition) is 8. The van der Waals surface area contributed by atoms with Crippen LogP contribution in [0.15, 0.2) is 41.4 Å². The van der Waals surface area contributed by atoms with Crippen LogP contribution in [0.4, 0.5) is 11.5 Å². The fourth-order valence-corrected chi connectivity index (χ4v) is 3.10. The fraction of sp³-hybridized carbons (Fsp3) is 0.263. The number of anilines is 2. The highest BCUT2D eigenvalue weighted by atomic mass is 16.5. The Morgan fingerprint density at radius 1 is 1.22 bits per heavy atom. The highest BCUT2D eigenvalue weighted by Crippen LogP contribution is 2.27. The Labute approximate surface area is 158 Å². The van der Waals surface area contributed by atoms with Crippen molar-refractivity contribution in [2.75, 3.05) is 36.9 Å². The van der Waals surface area contributed by atoms with Gasteiger partial charge >= 0.3 is 0 Å². The summed E-state index contributed by atoms with van der Waals surface area (Å²) in [5.74, 6) is 0.789. The first-order chi connectivity index (χ1) is 13.1. The van der Waals surface area contributed by atoms with Crippen LogP contribution in [0.3, 0.4) is 0 Å². The zero-order chi connectivity index (χ0) is 18.8. The van der Waals surface area contributed by atoms with E-state index in [1.165, 1.54) is 6.33 Å². The zero-order valence-electron chi connectivity index (χ0n) is 15.0. The van der Waals surface area contributed by atoms with Gasteiger partial charge in [0.25, 0.3) is 0 Å². The van der Waals surface area contributed by atoms with Gasteiger partial charge in [0.1, 0.15) is 18.4 Å². The second kappa shape index (κ2) is 7.16. The van der Waals surface area contributed by atoms with E-state index in [-0.39, 0.29) is 7.14 Å². The van der Waals surface area contributed by atoms with Gasteiger partial charge in [0.2, 0.25) is 0 Å². The van der Waals surface area contributed by atoms with Gasteiger partial charge < -0.3 is 19.9 Å². The first-order valence-corrected chi connectivity index (χ1v) is 8.68. The number of hydrogen-bond donors (Lipinski definition) is 2. The SMILES string of the molecule is Cc1nocc1-c1ccc(N)c(C(=N)c2cc(N3CCOCC3)ncn2)c1.[HH]. The van der Waals surface area contributed by atoms with Crippen LogP contribution < -0.4 is 10.6 Å². The number of aryl methyl sites for hydroxylation is 1. The minimum absolute atomic E-state index is 0. The minimum Gasteiger partial charge on any atom is -0.398 e. The third-order valence-electron chi connectivity index (χ3n) is 4.63. The molecule has 3 aromatic rings. The number of nitrogens with zero attached hydrogens (tertiary/aromatic N) is 4. The van der Waals surface area contributed by atoms with E-state index in [2.05, 4.69) is 20.0 Å². The van der Waals surface area contributed by atoms with Gasteiger partial charge in [0.15, 0.2) is 0 Å². The normalized spacial score (nSPS) is 14.3. The number of morpholine rings is 1. The molecule has 2 aromatic heterocycles. The zero-order valence-corrected chi connectivity index (χ0v) is 15.0. The Morgan fingerprint density at radius 2 is 2.04 bits per heavy atom. The van der Waals surface area contributed by atoms with E-state index in [0.29, 0.717) is 30.2 Å². The highest BCUT2D eigenvalue weighted by Gasteiger charge is 2.17. The molecule has 0 unspecified atom stereocenters. The topological polar surface area (TPSA) is 114 Å². The molecule has 3 N–H and O–H groups in total. The Kier molecular flexibility index (Phi) is 4.55. The maximum atomic E-state index is 8.65. The van der Waals surface area contributed by atoms with Crippen molar-refractivity contribution < 1.29 is 10.7 Å². The Hall–Kier alpha value is -3.26. The molecule has 0 spiro atoms. The summed E-state index contributed by atoms with van der Waals surface area (Å²) in [7, 11) is 0. The number of nitrogens with one attached hydrogen (secondary N) is 1. The van der Waals surface area contributed by atoms with Crippen molar-refractivity contribution in [3.63, 3.8) is 0 Å². The lowest BCUT2D eigenvalue weighted by molar-refractivity contribution is 0.122. The molecule has 1 fully saturated rings. The lowest BCUT2D eigenvalue weighted by Gasteiger charge is -2.27. The van der Waals surface area contributed by atoms with Crippen molar-refractivity contribution in [2.45, 2.75) is 6.92 Å². The predicted molar refractivity (Wildman–Crippen MR) is 104 cm³/mol. The summed E-state index contributed by atoms with van der Waals surface area (Å²) >= 11 is 0. The number of ether oxygens (including phenoxy) is 1. The average Bonchev–Trinajstić information content (AvgIpc) is 3.14. The summed E-state index contributed by atoms with van der Waals surface area (Å²) in [5.41, 5.74) is 10.6. The number of nitrogen functional groups attached to an aromatic ring is 1. The van der Waals surface area contributed by atoms with Crippen LogP contribution in [-0.4, -0.2) is 47.1 Å². The molecule has 0 bridgehead atoms. The number of aromatic nitrogens is 3. The van der Waals surface area contributed by atoms with Gasteiger partial charge in [-0.05, 0) is 24.6 Å². The number of rotatable bonds is 4. The molecule has 140 valence electrons.